The first-order valence-electron chi connectivity index (χ1n) is 16.5. The van der Waals surface area contributed by atoms with Gasteiger partial charge in [0.25, 0.3) is 5.56 Å². The van der Waals surface area contributed by atoms with Crippen LogP contribution in [0.2, 0.25) is 5.02 Å². The monoisotopic (exact) mass is 671 g/mol. The highest BCUT2D eigenvalue weighted by Crippen LogP contribution is 2.44. The molecule has 0 saturated carbocycles. The van der Waals surface area contributed by atoms with Crippen LogP contribution < -0.4 is 15.9 Å². The van der Waals surface area contributed by atoms with E-state index in [1.165, 1.54) is 22.3 Å². The summed E-state index contributed by atoms with van der Waals surface area (Å²) in [5.74, 6) is 0.680. The third-order valence-electron chi connectivity index (χ3n) is 8.88. The zero-order valence-electron chi connectivity index (χ0n) is 27.9. The number of ether oxygens (including phenoxy) is 2. The lowest BCUT2D eigenvalue weighted by atomic mass is 9.98. The molecule has 10 nitrogen and oxygen atoms in total. The second-order valence-electron chi connectivity index (χ2n) is 13.6. The van der Waals surface area contributed by atoms with Crippen LogP contribution >= 0.6 is 11.6 Å². The predicted molar refractivity (Wildman–Crippen MR) is 187 cm³/mol. The van der Waals surface area contributed by atoms with E-state index in [1.54, 1.807) is 27.8 Å². The standard InChI is InChI=1S/C37H42ClN5O5/c1-24(22-39-35(45)47-23-29-27-12-7-5-10-25(27)26-11-6-8-13-28(26)29)16-17-32-40-31-15-9-14-30(38)33(31)34(44)43(32)42-20-18-41(19-21-42)36(46)48-37(2,3)4/h5-15,24,29H,16-23H2,1-4H3,(H,39,45). The Bertz CT molecular complexity index is 1830. The van der Waals surface area contributed by atoms with Crippen molar-refractivity contribution in [1.29, 1.82) is 0 Å². The van der Waals surface area contributed by atoms with Crippen LogP contribution in [-0.4, -0.2) is 71.7 Å². The first-order chi connectivity index (χ1) is 23.0. The molecule has 1 saturated heterocycles. The number of nitrogens with one attached hydrogen (secondary N) is 1. The van der Waals surface area contributed by atoms with Crippen LogP contribution in [0.4, 0.5) is 9.59 Å². The zero-order valence-corrected chi connectivity index (χ0v) is 28.6. The van der Waals surface area contributed by atoms with E-state index in [9.17, 15) is 14.4 Å². The highest BCUT2D eigenvalue weighted by Gasteiger charge is 2.30. The summed E-state index contributed by atoms with van der Waals surface area (Å²) in [7, 11) is 0. The van der Waals surface area contributed by atoms with Crippen LogP contribution in [0.25, 0.3) is 22.0 Å². The first-order valence-corrected chi connectivity index (χ1v) is 16.9. The summed E-state index contributed by atoms with van der Waals surface area (Å²) in [4.78, 5) is 45.9. The molecule has 1 atom stereocenters. The van der Waals surface area contributed by atoms with E-state index in [0.717, 1.165) is 0 Å². The molecule has 1 fully saturated rings. The zero-order chi connectivity index (χ0) is 34.0. The molecule has 1 aliphatic heterocycles. The summed E-state index contributed by atoms with van der Waals surface area (Å²) in [6.45, 7) is 9.91. The summed E-state index contributed by atoms with van der Waals surface area (Å²) in [6.07, 6.45) is 0.339. The normalized spacial score (nSPS) is 15.2. The second-order valence-corrected chi connectivity index (χ2v) is 14.0. The lowest BCUT2D eigenvalue weighted by Crippen LogP contribution is -2.56. The number of alkyl carbamates (subject to hydrolysis) is 1. The molecule has 1 aliphatic carbocycles. The van der Waals surface area contributed by atoms with Crippen molar-refractivity contribution in [3.05, 3.63) is 99.1 Å². The fourth-order valence-electron chi connectivity index (χ4n) is 6.47. The number of halogens is 1. The molecule has 11 heteroatoms. The number of benzene rings is 3. The van der Waals surface area contributed by atoms with Crippen LogP contribution in [0.15, 0.2) is 71.5 Å². The van der Waals surface area contributed by atoms with E-state index in [-0.39, 0.29) is 30.1 Å². The molecule has 1 N–H and O–H groups in total. The smallest absolute Gasteiger partial charge is 0.410 e. The van der Waals surface area contributed by atoms with Gasteiger partial charge >= 0.3 is 12.2 Å². The van der Waals surface area contributed by atoms with Gasteiger partial charge in [-0.2, -0.15) is 0 Å². The molecule has 2 heterocycles. The Balaban J connectivity index is 1.08. The second kappa shape index (κ2) is 13.9. The molecule has 6 rings (SSSR count). The van der Waals surface area contributed by atoms with Gasteiger partial charge in [0.1, 0.15) is 18.0 Å². The number of carbonyl (C=O) groups is 2. The molecule has 48 heavy (non-hydrogen) atoms. The van der Waals surface area contributed by atoms with Crippen LogP contribution in [0, 0.1) is 5.92 Å². The number of carbonyl (C=O) groups excluding carboxylic acids is 2. The van der Waals surface area contributed by atoms with Gasteiger partial charge in [-0.05, 0) is 67.5 Å². The minimum absolute atomic E-state index is 0.00390. The number of amides is 2. The van der Waals surface area contributed by atoms with E-state index < -0.39 is 11.7 Å². The lowest BCUT2D eigenvalue weighted by Gasteiger charge is -2.38. The lowest BCUT2D eigenvalue weighted by molar-refractivity contribution is 0.0231. The quantitative estimate of drug-likeness (QED) is 0.233. The Hall–Kier alpha value is -4.57. The topological polar surface area (TPSA) is 106 Å². The van der Waals surface area contributed by atoms with Crippen LogP contribution in [0.3, 0.4) is 0 Å². The number of rotatable bonds is 8. The average Bonchev–Trinajstić information content (AvgIpc) is 3.38. The molecule has 0 bridgehead atoms. The molecule has 1 aromatic heterocycles. The molecule has 3 aromatic carbocycles. The van der Waals surface area contributed by atoms with Crippen molar-refractivity contribution in [1.82, 2.24) is 19.9 Å². The molecular weight excluding hydrogens is 630 g/mol. The predicted octanol–water partition coefficient (Wildman–Crippen LogP) is 6.35. The van der Waals surface area contributed by atoms with E-state index in [4.69, 9.17) is 26.1 Å². The number of piperazine rings is 1. The Morgan fingerprint density at radius 3 is 2.25 bits per heavy atom. The molecule has 2 amide bonds. The third-order valence-corrected chi connectivity index (χ3v) is 9.20. The van der Waals surface area contributed by atoms with E-state index >= 15 is 0 Å². The van der Waals surface area contributed by atoms with Gasteiger partial charge in [-0.1, -0.05) is 73.1 Å². The van der Waals surface area contributed by atoms with Crippen molar-refractivity contribution in [2.45, 2.75) is 52.1 Å². The molecule has 0 radical (unpaired) electrons. The molecule has 252 valence electrons. The number of fused-ring (bicyclic) bond motifs is 4. The maximum Gasteiger partial charge on any atom is 0.410 e. The maximum absolute atomic E-state index is 13.9. The van der Waals surface area contributed by atoms with Crippen LogP contribution in [-0.2, 0) is 15.9 Å². The van der Waals surface area contributed by atoms with E-state index in [1.807, 2.05) is 57.0 Å². The molecular formula is C37H42ClN5O5. The molecule has 4 aromatic rings. The van der Waals surface area contributed by atoms with Crippen molar-refractivity contribution in [2.24, 2.45) is 5.92 Å². The molecule has 2 aliphatic rings. The first kappa shape index (κ1) is 33.3. The van der Waals surface area contributed by atoms with Gasteiger partial charge < -0.3 is 24.7 Å². The van der Waals surface area contributed by atoms with Crippen molar-refractivity contribution in [3.63, 3.8) is 0 Å². The minimum Gasteiger partial charge on any atom is -0.449 e. The number of aromatic nitrogens is 2. The van der Waals surface area contributed by atoms with E-state index in [0.29, 0.717) is 67.3 Å². The number of nitrogens with zero attached hydrogens (tertiary/aromatic N) is 4. The molecule has 0 spiro atoms. The Morgan fingerprint density at radius 2 is 1.60 bits per heavy atom. The Kier molecular flexibility index (Phi) is 9.64. The Morgan fingerprint density at radius 1 is 0.958 bits per heavy atom. The van der Waals surface area contributed by atoms with Gasteiger partial charge in [0.05, 0.1) is 29.0 Å². The van der Waals surface area contributed by atoms with Gasteiger partial charge in [-0.25, -0.2) is 19.2 Å². The van der Waals surface area contributed by atoms with Gasteiger partial charge in [0, 0.05) is 32.0 Å². The maximum atomic E-state index is 13.9. The summed E-state index contributed by atoms with van der Waals surface area (Å²) in [5, 5.41) is 5.55. The highest BCUT2D eigenvalue weighted by atomic mass is 35.5. The summed E-state index contributed by atoms with van der Waals surface area (Å²) < 4.78 is 12.9. The SMILES string of the molecule is CC(CCc1nc2cccc(Cl)c2c(=O)n1N1CCN(C(=O)OC(C)(C)C)CC1)CNC(=O)OCC1c2ccccc2-c2ccccc21. The number of aryl methyl sites for hydroxylation is 1. The number of hydrogen-bond donors (Lipinski definition) is 1. The van der Waals surface area contributed by atoms with Gasteiger partial charge in [-0.15, -0.1) is 0 Å². The van der Waals surface area contributed by atoms with Crippen LogP contribution in [0.5, 0.6) is 0 Å². The van der Waals surface area contributed by atoms with Crippen molar-refractivity contribution >= 4 is 34.7 Å². The average molecular weight is 672 g/mol. The molecule has 1 unspecified atom stereocenters. The summed E-state index contributed by atoms with van der Waals surface area (Å²) in [5.41, 5.74) is 4.41. The van der Waals surface area contributed by atoms with Gasteiger partial charge in [0.15, 0.2) is 0 Å². The highest BCUT2D eigenvalue weighted by molar-refractivity contribution is 6.35. The minimum atomic E-state index is -0.589. The van der Waals surface area contributed by atoms with Gasteiger partial charge in [-0.3, -0.25) is 4.79 Å². The van der Waals surface area contributed by atoms with Crippen LogP contribution in [0.1, 0.15) is 57.0 Å². The van der Waals surface area contributed by atoms with E-state index in [2.05, 4.69) is 29.6 Å². The fourth-order valence-corrected chi connectivity index (χ4v) is 6.72. The van der Waals surface area contributed by atoms with Crippen molar-refractivity contribution in [3.8, 4) is 11.1 Å². The largest absolute Gasteiger partial charge is 0.449 e. The summed E-state index contributed by atoms with van der Waals surface area (Å²) >= 11 is 6.47. The van der Waals surface area contributed by atoms with Crippen molar-refractivity contribution in [2.75, 3.05) is 44.3 Å². The fraction of sp³-hybridized carbons (Fsp3) is 0.405. The summed E-state index contributed by atoms with van der Waals surface area (Å²) in [6, 6.07) is 21.8. The number of hydrogen-bond acceptors (Lipinski definition) is 7. The van der Waals surface area contributed by atoms with Crippen molar-refractivity contribution < 1.29 is 19.1 Å². The third kappa shape index (κ3) is 7.13. The Labute approximate surface area is 285 Å². The van der Waals surface area contributed by atoms with Gasteiger partial charge in [0.2, 0.25) is 0 Å².